The van der Waals surface area contributed by atoms with Crippen LogP contribution in [-0.2, 0) is 6.42 Å². The van der Waals surface area contributed by atoms with Gasteiger partial charge in [-0.15, -0.1) is 0 Å². The molecule has 0 saturated heterocycles. The molecule has 0 aliphatic heterocycles. The fourth-order valence-electron chi connectivity index (χ4n) is 2.38. The molecule has 3 heteroatoms. The third-order valence-corrected chi connectivity index (χ3v) is 3.90. The van der Waals surface area contributed by atoms with E-state index < -0.39 is 0 Å². The molecule has 0 aliphatic carbocycles. The van der Waals surface area contributed by atoms with Gasteiger partial charge in [0.25, 0.3) is 0 Å². The Kier molecular flexibility index (Phi) is 7.45. The molecule has 1 unspecified atom stereocenters. The summed E-state index contributed by atoms with van der Waals surface area (Å²) in [6.45, 7) is 7.85. The summed E-state index contributed by atoms with van der Waals surface area (Å²) in [6, 6.07) is 6.61. The summed E-state index contributed by atoms with van der Waals surface area (Å²) in [5.74, 6) is 2.37. The SMILES string of the molecule is CCC(CC)CNC(C)Cc1ccc(OC)c(OC)c1. The molecule has 0 spiro atoms. The molecular weight excluding hydrogens is 250 g/mol. The van der Waals surface area contributed by atoms with E-state index in [1.807, 2.05) is 6.07 Å². The number of benzene rings is 1. The van der Waals surface area contributed by atoms with Gasteiger partial charge in [0.2, 0.25) is 0 Å². The Balaban J connectivity index is 2.55. The van der Waals surface area contributed by atoms with Crippen LogP contribution in [0.4, 0.5) is 0 Å². The summed E-state index contributed by atoms with van der Waals surface area (Å²) in [5.41, 5.74) is 1.27. The minimum absolute atomic E-state index is 0.466. The Morgan fingerprint density at radius 2 is 1.70 bits per heavy atom. The van der Waals surface area contributed by atoms with Crippen molar-refractivity contribution in [1.29, 1.82) is 0 Å². The van der Waals surface area contributed by atoms with Crippen molar-refractivity contribution >= 4 is 0 Å². The number of rotatable bonds is 9. The van der Waals surface area contributed by atoms with Crippen LogP contribution in [0.25, 0.3) is 0 Å². The lowest BCUT2D eigenvalue weighted by molar-refractivity contribution is 0.354. The van der Waals surface area contributed by atoms with Gasteiger partial charge in [-0.1, -0.05) is 32.8 Å². The van der Waals surface area contributed by atoms with Gasteiger partial charge in [0.15, 0.2) is 11.5 Å². The first-order chi connectivity index (χ1) is 9.64. The normalized spacial score (nSPS) is 12.5. The molecular formula is C17H29NO2. The number of nitrogens with one attached hydrogen (secondary N) is 1. The zero-order valence-corrected chi connectivity index (χ0v) is 13.5. The second kappa shape index (κ2) is 8.85. The van der Waals surface area contributed by atoms with E-state index in [1.165, 1.54) is 18.4 Å². The van der Waals surface area contributed by atoms with Crippen LogP contribution in [0.2, 0.25) is 0 Å². The number of methoxy groups -OCH3 is 2. The first kappa shape index (κ1) is 16.8. The Hall–Kier alpha value is -1.22. The van der Waals surface area contributed by atoms with Gasteiger partial charge in [0.1, 0.15) is 0 Å². The average Bonchev–Trinajstić information content (AvgIpc) is 2.48. The number of hydrogen-bond donors (Lipinski definition) is 1. The van der Waals surface area contributed by atoms with Crippen LogP contribution < -0.4 is 14.8 Å². The highest BCUT2D eigenvalue weighted by Crippen LogP contribution is 2.27. The van der Waals surface area contributed by atoms with Crippen LogP contribution in [0, 0.1) is 5.92 Å². The van der Waals surface area contributed by atoms with Crippen molar-refractivity contribution in [2.24, 2.45) is 5.92 Å². The predicted molar refractivity (Wildman–Crippen MR) is 84.8 cm³/mol. The fraction of sp³-hybridized carbons (Fsp3) is 0.647. The third-order valence-electron chi connectivity index (χ3n) is 3.90. The average molecular weight is 279 g/mol. The van der Waals surface area contributed by atoms with Crippen molar-refractivity contribution in [3.05, 3.63) is 23.8 Å². The summed E-state index contributed by atoms with van der Waals surface area (Å²) < 4.78 is 10.6. The predicted octanol–water partition coefficient (Wildman–Crippen LogP) is 3.66. The largest absolute Gasteiger partial charge is 0.493 e. The molecule has 0 heterocycles. The molecule has 0 saturated carbocycles. The van der Waals surface area contributed by atoms with Crippen LogP contribution in [0.5, 0.6) is 11.5 Å². The van der Waals surface area contributed by atoms with E-state index in [2.05, 4.69) is 38.2 Å². The van der Waals surface area contributed by atoms with Crippen LogP contribution in [0.1, 0.15) is 39.2 Å². The van der Waals surface area contributed by atoms with Crippen molar-refractivity contribution in [3.8, 4) is 11.5 Å². The molecule has 0 aliphatic rings. The smallest absolute Gasteiger partial charge is 0.160 e. The van der Waals surface area contributed by atoms with E-state index >= 15 is 0 Å². The Morgan fingerprint density at radius 3 is 2.25 bits per heavy atom. The van der Waals surface area contributed by atoms with Gasteiger partial charge < -0.3 is 14.8 Å². The molecule has 1 aromatic rings. The zero-order chi connectivity index (χ0) is 15.0. The van der Waals surface area contributed by atoms with Gasteiger partial charge >= 0.3 is 0 Å². The van der Waals surface area contributed by atoms with Crippen molar-refractivity contribution in [2.75, 3.05) is 20.8 Å². The van der Waals surface area contributed by atoms with Gasteiger partial charge in [0.05, 0.1) is 14.2 Å². The fourth-order valence-corrected chi connectivity index (χ4v) is 2.38. The first-order valence-corrected chi connectivity index (χ1v) is 7.58. The summed E-state index contributed by atoms with van der Waals surface area (Å²) in [6.07, 6.45) is 3.49. The highest BCUT2D eigenvalue weighted by Gasteiger charge is 2.09. The Bertz CT molecular complexity index is 389. The van der Waals surface area contributed by atoms with Gasteiger partial charge in [-0.3, -0.25) is 0 Å². The molecule has 114 valence electrons. The van der Waals surface area contributed by atoms with E-state index in [1.54, 1.807) is 14.2 Å². The highest BCUT2D eigenvalue weighted by molar-refractivity contribution is 5.43. The molecule has 1 atom stereocenters. The summed E-state index contributed by atoms with van der Waals surface area (Å²) in [4.78, 5) is 0. The molecule has 1 rings (SSSR count). The summed E-state index contributed by atoms with van der Waals surface area (Å²) >= 11 is 0. The molecule has 0 fully saturated rings. The van der Waals surface area contributed by atoms with E-state index in [4.69, 9.17) is 9.47 Å². The minimum atomic E-state index is 0.466. The van der Waals surface area contributed by atoms with Gasteiger partial charge in [-0.25, -0.2) is 0 Å². The van der Waals surface area contributed by atoms with Crippen molar-refractivity contribution in [2.45, 2.75) is 46.1 Å². The van der Waals surface area contributed by atoms with E-state index in [-0.39, 0.29) is 0 Å². The lowest BCUT2D eigenvalue weighted by atomic mass is 10.0. The molecule has 1 N–H and O–H groups in total. The minimum Gasteiger partial charge on any atom is -0.493 e. The quantitative estimate of drug-likeness (QED) is 0.748. The molecule has 1 aromatic carbocycles. The highest BCUT2D eigenvalue weighted by atomic mass is 16.5. The maximum Gasteiger partial charge on any atom is 0.160 e. The molecule has 3 nitrogen and oxygen atoms in total. The monoisotopic (exact) mass is 279 g/mol. The number of ether oxygens (including phenoxy) is 2. The maximum absolute atomic E-state index is 5.35. The van der Waals surface area contributed by atoms with Crippen molar-refractivity contribution in [3.63, 3.8) is 0 Å². The molecule has 0 amide bonds. The first-order valence-electron chi connectivity index (χ1n) is 7.58. The standard InChI is InChI=1S/C17H29NO2/c1-6-14(7-2)12-18-13(3)10-15-8-9-16(19-4)17(11-15)20-5/h8-9,11,13-14,18H,6-7,10,12H2,1-5H3. The second-order valence-electron chi connectivity index (χ2n) is 5.39. The lowest BCUT2D eigenvalue weighted by Gasteiger charge is -2.19. The van der Waals surface area contributed by atoms with Crippen LogP contribution in [-0.4, -0.2) is 26.8 Å². The Labute approximate surface area is 123 Å². The molecule has 0 aromatic heterocycles. The topological polar surface area (TPSA) is 30.5 Å². The lowest BCUT2D eigenvalue weighted by Crippen LogP contribution is -2.32. The third kappa shape index (κ3) is 5.04. The Morgan fingerprint density at radius 1 is 1.05 bits per heavy atom. The second-order valence-corrected chi connectivity index (χ2v) is 5.39. The van der Waals surface area contributed by atoms with E-state index in [0.717, 1.165) is 30.4 Å². The van der Waals surface area contributed by atoms with Gasteiger partial charge in [-0.2, -0.15) is 0 Å². The number of hydrogen-bond acceptors (Lipinski definition) is 3. The summed E-state index contributed by atoms with van der Waals surface area (Å²) in [5, 5.41) is 3.63. The zero-order valence-electron chi connectivity index (χ0n) is 13.5. The van der Waals surface area contributed by atoms with Crippen LogP contribution >= 0.6 is 0 Å². The van der Waals surface area contributed by atoms with Gasteiger partial charge in [0, 0.05) is 6.04 Å². The van der Waals surface area contributed by atoms with Gasteiger partial charge in [-0.05, 0) is 43.5 Å². The summed E-state index contributed by atoms with van der Waals surface area (Å²) in [7, 11) is 3.34. The molecule has 20 heavy (non-hydrogen) atoms. The van der Waals surface area contributed by atoms with E-state index in [9.17, 15) is 0 Å². The molecule has 0 radical (unpaired) electrons. The van der Waals surface area contributed by atoms with Crippen LogP contribution in [0.15, 0.2) is 18.2 Å². The van der Waals surface area contributed by atoms with Crippen molar-refractivity contribution < 1.29 is 9.47 Å². The molecule has 0 bridgehead atoms. The van der Waals surface area contributed by atoms with E-state index in [0.29, 0.717) is 6.04 Å². The van der Waals surface area contributed by atoms with Crippen LogP contribution in [0.3, 0.4) is 0 Å². The maximum atomic E-state index is 5.35. The van der Waals surface area contributed by atoms with Crippen molar-refractivity contribution in [1.82, 2.24) is 5.32 Å².